The monoisotopic (exact) mass is 247 g/mol. The maximum Gasteiger partial charge on any atom is 0.103 e. The van der Waals surface area contributed by atoms with Crippen LogP contribution in [0.25, 0.3) is 0 Å². The summed E-state index contributed by atoms with van der Waals surface area (Å²) in [5.74, 6) is 1.19. The van der Waals surface area contributed by atoms with E-state index < -0.39 is 0 Å². The molecule has 0 radical (unpaired) electrons. The Labute approximate surface area is 111 Å². The lowest BCUT2D eigenvalue weighted by Crippen LogP contribution is -2.27. The van der Waals surface area contributed by atoms with E-state index in [1.165, 1.54) is 42.8 Å². The van der Waals surface area contributed by atoms with E-state index in [1.807, 2.05) is 0 Å². The SMILES string of the molecule is CCCN(CCC)CC1=CCC2=C(C=C1)CCO2. The maximum atomic E-state index is 5.66. The van der Waals surface area contributed by atoms with E-state index in [2.05, 4.69) is 37.0 Å². The molecule has 0 spiro atoms. The van der Waals surface area contributed by atoms with Crippen LogP contribution >= 0.6 is 0 Å². The normalized spacial score (nSPS) is 18.7. The summed E-state index contributed by atoms with van der Waals surface area (Å²) in [4.78, 5) is 2.55. The molecule has 1 aliphatic carbocycles. The second-order valence-corrected chi connectivity index (χ2v) is 5.14. The number of ether oxygens (including phenoxy) is 1. The first-order valence-corrected chi connectivity index (χ1v) is 7.27. The number of allylic oxidation sites excluding steroid dienone is 2. The molecule has 1 aliphatic heterocycles. The van der Waals surface area contributed by atoms with E-state index in [0.717, 1.165) is 26.0 Å². The smallest absolute Gasteiger partial charge is 0.103 e. The molecule has 0 aromatic carbocycles. The van der Waals surface area contributed by atoms with Crippen LogP contribution in [0.5, 0.6) is 0 Å². The van der Waals surface area contributed by atoms with Crippen molar-refractivity contribution in [2.75, 3.05) is 26.2 Å². The molecule has 0 saturated carbocycles. The molecule has 0 atom stereocenters. The molecule has 0 saturated heterocycles. The minimum absolute atomic E-state index is 0.871. The van der Waals surface area contributed by atoms with E-state index >= 15 is 0 Å². The molecule has 1 heterocycles. The Morgan fingerprint density at radius 1 is 1.17 bits per heavy atom. The van der Waals surface area contributed by atoms with Gasteiger partial charge in [-0.1, -0.05) is 32.1 Å². The fourth-order valence-corrected chi connectivity index (χ4v) is 2.66. The highest BCUT2D eigenvalue weighted by atomic mass is 16.5. The van der Waals surface area contributed by atoms with Gasteiger partial charge in [-0.15, -0.1) is 0 Å². The second kappa shape index (κ2) is 6.79. The van der Waals surface area contributed by atoms with Crippen LogP contribution in [-0.2, 0) is 4.74 Å². The molecule has 2 nitrogen and oxygen atoms in total. The Hall–Kier alpha value is -1.02. The summed E-state index contributed by atoms with van der Waals surface area (Å²) in [6.07, 6.45) is 11.4. The van der Waals surface area contributed by atoms with Crippen molar-refractivity contribution in [1.29, 1.82) is 0 Å². The lowest BCUT2D eigenvalue weighted by atomic mass is 10.1. The Kier molecular flexibility index (Phi) is 5.06. The van der Waals surface area contributed by atoms with Crippen molar-refractivity contribution in [2.45, 2.75) is 39.5 Å². The predicted octanol–water partition coefficient (Wildman–Crippen LogP) is 3.67. The van der Waals surface area contributed by atoms with Crippen molar-refractivity contribution in [1.82, 2.24) is 4.90 Å². The van der Waals surface area contributed by atoms with Crippen molar-refractivity contribution in [2.24, 2.45) is 0 Å². The predicted molar refractivity (Wildman–Crippen MR) is 76.5 cm³/mol. The van der Waals surface area contributed by atoms with Gasteiger partial charge in [0.25, 0.3) is 0 Å². The van der Waals surface area contributed by atoms with Gasteiger partial charge in [0.1, 0.15) is 5.76 Å². The molecule has 0 N–H and O–H groups in total. The van der Waals surface area contributed by atoms with Crippen molar-refractivity contribution < 1.29 is 4.74 Å². The van der Waals surface area contributed by atoms with Crippen molar-refractivity contribution >= 4 is 0 Å². The molecule has 0 aromatic heterocycles. The van der Waals surface area contributed by atoms with Gasteiger partial charge in [-0.3, -0.25) is 4.90 Å². The van der Waals surface area contributed by atoms with E-state index in [4.69, 9.17) is 4.74 Å². The van der Waals surface area contributed by atoms with E-state index in [9.17, 15) is 0 Å². The number of rotatable bonds is 6. The highest BCUT2D eigenvalue weighted by Crippen LogP contribution is 2.27. The average Bonchev–Trinajstić information content (AvgIpc) is 2.73. The molecular weight excluding hydrogens is 222 g/mol. The Bertz CT molecular complexity index is 359. The molecule has 2 heteroatoms. The van der Waals surface area contributed by atoms with Crippen LogP contribution in [0, 0.1) is 0 Å². The second-order valence-electron chi connectivity index (χ2n) is 5.14. The topological polar surface area (TPSA) is 12.5 Å². The van der Waals surface area contributed by atoms with Gasteiger partial charge < -0.3 is 4.74 Å². The maximum absolute atomic E-state index is 5.66. The van der Waals surface area contributed by atoms with Crippen LogP contribution < -0.4 is 0 Å². The molecule has 0 bridgehead atoms. The number of hydrogen-bond donors (Lipinski definition) is 0. The Morgan fingerprint density at radius 2 is 1.94 bits per heavy atom. The van der Waals surface area contributed by atoms with E-state index in [-0.39, 0.29) is 0 Å². The molecule has 18 heavy (non-hydrogen) atoms. The van der Waals surface area contributed by atoms with E-state index in [1.54, 1.807) is 0 Å². The number of hydrogen-bond acceptors (Lipinski definition) is 2. The Morgan fingerprint density at radius 3 is 2.67 bits per heavy atom. The highest BCUT2D eigenvalue weighted by Gasteiger charge is 2.15. The lowest BCUT2D eigenvalue weighted by molar-refractivity contribution is 0.239. The van der Waals surface area contributed by atoms with Crippen molar-refractivity contribution in [3.05, 3.63) is 35.1 Å². The summed E-state index contributed by atoms with van der Waals surface area (Å²) >= 11 is 0. The van der Waals surface area contributed by atoms with Crippen LogP contribution in [0.1, 0.15) is 39.5 Å². The molecule has 100 valence electrons. The molecular formula is C16H25NO. The molecule has 2 rings (SSSR count). The molecule has 0 aromatic rings. The highest BCUT2D eigenvalue weighted by molar-refractivity contribution is 5.36. The minimum Gasteiger partial charge on any atom is -0.497 e. The molecule has 0 unspecified atom stereocenters. The van der Waals surface area contributed by atoms with Gasteiger partial charge in [0.05, 0.1) is 6.61 Å². The number of nitrogens with zero attached hydrogens (tertiary/aromatic N) is 1. The third-order valence-electron chi connectivity index (χ3n) is 3.54. The quantitative estimate of drug-likeness (QED) is 0.710. The lowest BCUT2D eigenvalue weighted by Gasteiger charge is -2.21. The van der Waals surface area contributed by atoms with Crippen LogP contribution in [-0.4, -0.2) is 31.1 Å². The van der Waals surface area contributed by atoms with Gasteiger partial charge in [0.2, 0.25) is 0 Å². The Balaban J connectivity index is 1.94. The fourth-order valence-electron chi connectivity index (χ4n) is 2.66. The van der Waals surface area contributed by atoms with Crippen LogP contribution in [0.2, 0.25) is 0 Å². The standard InChI is InChI=1S/C16H25NO/c1-3-10-17(11-4-2)13-14-5-7-15-9-12-18-16(15)8-6-14/h5-7H,3-4,8-13H2,1-2H3. The van der Waals surface area contributed by atoms with Gasteiger partial charge >= 0.3 is 0 Å². The van der Waals surface area contributed by atoms with E-state index in [0.29, 0.717) is 0 Å². The van der Waals surface area contributed by atoms with Crippen molar-refractivity contribution in [3.8, 4) is 0 Å². The summed E-state index contributed by atoms with van der Waals surface area (Å²) in [5.41, 5.74) is 2.84. The molecule has 0 fully saturated rings. The average molecular weight is 247 g/mol. The largest absolute Gasteiger partial charge is 0.497 e. The van der Waals surface area contributed by atoms with Crippen LogP contribution in [0.15, 0.2) is 35.1 Å². The molecule has 0 amide bonds. The van der Waals surface area contributed by atoms with Gasteiger partial charge in [-0.2, -0.15) is 0 Å². The summed E-state index contributed by atoms with van der Waals surface area (Å²) in [7, 11) is 0. The van der Waals surface area contributed by atoms with Gasteiger partial charge in [-0.05, 0) is 37.1 Å². The molecule has 2 aliphatic rings. The summed E-state index contributed by atoms with van der Waals surface area (Å²) in [5, 5.41) is 0. The van der Waals surface area contributed by atoms with Crippen molar-refractivity contribution in [3.63, 3.8) is 0 Å². The first kappa shape index (κ1) is 13.4. The zero-order valence-corrected chi connectivity index (χ0v) is 11.7. The first-order chi connectivity index (χ1) is 8.83. The third-order valence-corrected chi connectivity index (χ3v) is 3.54. The van der Waals surface area contributed by atoms with Gasteiger partial charge in [0, 0.05) is 19.4 Å². The fraction of sp³-hybridized carbons (Fsp3) is 0.625. The van der Waals surface area contributed by atoms with Gasteiger partial charge in [-0.25, -0.2) is 0 Å². The summed E-state index contributed by atoms with van der Waals surface area (Å²) < 4.78 is 5.66. The van der Waals surface area contributed by atoms with Gasteiger partial charge in [0.15, 0.2) is 0 Å². The zero-order chi connectivity index (χ0) is 12.8. The zero-order valence-electron chi connectivity index (χ0n) is 11.7. The first-order valence-electron chi connectivity index (χ1n) is 7.27. The van der Waals surface area contributed by atoms with Crippen LogP contribution in [0.4, 0.5) is 0 Å². The third kappa shape index (κ3) is 3.49. The summed E-state index contributed by atoms with van der Waals surface area (Å²) in [6.45, 7) is 8.86. The minimum atomic E-state index is 0.871. The summed E-state index contributed by atoms with van der Waals surface area (Å²) in [6, 6.07) is 0. The van der Waals surface area contributed by atoms with Crippen LogP contribution in [0.3, 0.4) is 0 Å².